The molecule has 1 radical (unpaired) electrons. The molecule has 0 heterocycles. The van der Waals surface area contributed by atoms with Gasteiger partial charge in [-0.2, -0.15) is 0 Å². The third-order valence-electron chi connectivity index (χ3n) is 9.59. The molecule has 0 aliphatic rings. The van der Waals surface area contributed by atoms with Crippen molar-refractivity contribution in [3.63, 3.8) is 0 Å². The van der Waals surface area contributed by atoms with Gasteiger partial charge in [0.1, 0.15) is 17.2 Å². The monoisotopic (exact) mass is 911 g/mol. The SMILES string of the molecule is CCCCCCCCCc1ccc(O[PH](=O)O)cc1.CCCCCCCCCc1ccc(O[PH](=O)O)cc1.CCCCCCCCCc1ccc(O[PH](=O)O)cc1.[Co]. The molecule has 0 saturated heterocycles. The van der Waals surface area contributed by atoms with Crippen molar-refractivity contribution in [2.45, 2.75) is 175 Å². The van der Waals surface area contributed by atoms with Crippen LogP contribution in [0.4, 0.5) is 0 Å². The summed E-state index contributed by atoms with van der Waals surface area (Å²) in [7, 11) is -8.64. The Kier molecular flexibility index (Phi) is 38.0. The summed E-state index contributed by atoms with van der Waals surface area (Å²) in [5, 5.41) is 0. The van der Waals surface area contributed by atoms with Crippen LogP contribution in [0, 0.1) is 0 Å². The van der Waals surface area contributed by atoms with Crippen LogP contribution in [-0.2, 0) is 49.7 Å². The Balaban J connectivity index is 0.000000833. The van der Waals surface area contributed by atoms with E-state index >= 15 is 0 Å². The van der Waals surface area contributed by atoms with E-state index in [0.29, 0.717) is 17.2 Å². The second kappa shape index (κ2) is 39.3. The minimum atomic E-state index is -2.88. The summed E-state index contributed by atoms with van der Waals surface area (Å²) >= 11 is 0. The average molecular weight is 912 g/mol. The molecule has 0 aliphatic carbocycles. The van der Waals surface area contributed by atoms with Gasteiger partial charge in [0.2, 0.25) is 0 Å². The van der Waals surface area contributed by atoms with E-state index in [1.807, 2.05) is 36.4 Å². The molecule has 3 unspecified atom stereocenters. The summed E-state index contributed by atoms with van der Waals surface area (Å²) < 4.78 is 45.9. The number of hydrogen-bond acceptors (Lipinski definition) is 6. The first-order chi connectivity index (χ1) is 27.7. The molecule has 3 rings (SSSR count). The van der Waals surface area contributed by atoms with E-state index in [1.165, 1.54) is 152 Å². The van der Waals surface area contributed by atoms with Crippen LogP contribution < -0.4 is 13.6 Å². The van der Waals surface area contributed by atoms with Crippen molar-refractivity contribution in [1.82, 2.24) is 0 Å². The van der Waals surface area contributed by atoms with Crippen LogP contribution in [0.3, 0.4) is 0 Å². The second-order valence-corrected chi connectivity index (χ2v) is 16.9. The summed E-state index contributed by atoms with van der Waals surface area (Å²) in [5.41, 5.74) is 3.79. The Morgan fingerprint density at radius 2 is 0.534 bits per heavy atom. The zero-order chi connectivity index (χ0) is 41.8. The Morgan fingerprint density at radius 1 is 0.345 bits per heavy atom. The van der Waals surface area contributed by atoms with Gasteiger partial charge >= 0.3 is 24.8 Å². The van der Waals surface area contributed by atoms with E-state index in [-0.39, 0.29) is 16.8 Å². The molecule has 9 nitrogen and oxygen atoms in total. The molecule has 0 amide bonds. The molecule has 0 aliphatic heterocycles. The number of hydrogen-bond donors (Lipinski definition) is 3. The number of benzene rings is 3. The molecule has 0 bridgehead atoms. The van der Waals surface area contributed by atoms with Crippen LogP contribution >= 0.6 is 24.8 Å². The van der Waals surface area contributed by atoms with E-state index in [0.717, 1.165) is 19.3 Å². The molecule has 3 N–H and O–H groups in total. The quantitative estimate of drug-likeness (QED) is 0.0440. The predicted molar refractivity (Wildman–Crippen MR) is 240 cm³/mol. The van der Waals surface area contributed by atoms with E-state index in [9.17, 15) is 13.7 Å². The van der Waals surface area contributed by atoms with Crippen LogP contribution in [0.5, 0.6) is 17.2 Å². The fourth-order valence-electron chi connectivity index (χ4n) is 6.33. The maximum atomic E-state index is 10.5. The third kappa shape index (κ3) is 33.9. The van der Waals surface area contributed by atoms with Crippen molar-refractivity contribution in [1.29, 1.82) is 0 Å². The fourth-order valence-corrected chi connectivity index (χ4v) is 7.35. The van der Waals surface area contributed by atoms with Crippen molar-refractivity contribution < 1.29 is 58.7 Å². The topological polar surface area (TPSA) is 140 Å². The zero-order valence-corrected chi connectivity index (χ0v) is 39.6. The molecular formula is C45H75CoO9P3. The van der Waals surface area contributed by atoms with Gasteiger partial charge in [0.15, 0.2) is 0 Å². The molecule has 3 aromatic rings. The van der Waals surface area contributed by atoms with Gasteiger partial charge in [0, 0.05) is 16.8 Å². The van der Waals surface area contributed by atoms with E-state index in [4.69, 9.17) is 28.3 Å². The maximum Gasteiger partial charge on any atom is 0.365 e. The van der Waals surface area contributed by atoms with Gasteiger partial charge in [-0.05, 0) is 91.6 Å². The Hall–Kier alpha value is -1.86. The summed E-state index contributed by atoms with van der Waals surface area (Å²) in [6, 6.07) is 22.4. The molecule has 13 heteroatoms. The fraction of sp³-hybridized carbons (Fsp3) is 0.600. The van der Waals surface area contributed by atoms with E-state index in [2.05, 4.69) is 20.8 Å². The molecule has 0 spiro atoms. The normalized spacial score (nSPS) is 12.1. The molecular weight excluding hydrogens is 836 g/mol. The van der Waals surface area contributed by atoms with Crippen molar-refractivity contribution in [3.05, 3.63) is 89.5 Å². The smallest absolute Gasteiger partial charge is 0.365 e. The average Bonchev–Trinajstić information content (AvgIpc) is 3.19. The van der Waals surface area contributed by atoms with Crippen LogP contribution in [0.15, 0.2) is 72.8 Å². The van der Waals surface area contributed by atoms with Gasteiger partial charge in [-0.3, -0.25) is 0 Å². The Bertz CT molecular complexity index is 1270. The van der Waals surface area contributed by atoms with Crippen LogP contribution in [-0.4, -0.2) is 14.7 Å². The van der Waals surface area contributed by atoms with Crippen molar-refractivity contribution in [2.24, 2.45) is 0 Å². The van der Waals surface area contributed by atoms with Crippen molar-refractivity contribution in [3.8, 4) is 17.2 Å². The Labute approximate surface area is 363 Å². The number of unbranched alkanes of at least 4 members (excludes halogenated alkanes) is 18. The van der Waals surface area contributed by atoms with E-state index < -0.39 is 24.8 Å². The van der Waals surface area contributed by atoms with Gasteiger partial charge in [0.05, 0.1) is 0 Å². The molecule has 3 aromatic carbocycles. The van der Waals surface area contributed by atoms with Gasteiger partial charge in [-0.15, -0.1) is 0 Å². The minimum Gasteiger partial charge on any atom is -0.426 e. The third-order valence-corrected chi connectivity index (χ3v) is 10.8. The first-order valence-corrected chi connectivity index (χ1v) is 25.4. The number of rotatable bonds is 30. The number of aryl methyl sites for hydroxylation is 3. The van der Waals surface area contributed by atoms with Crippen molar-refractivity contribution in [2.75, 3.05) is 0 Å². The van der Waals surface area contributed by atoms with Crippen LogP contribution in [0.25, 0.3) is 0 Å². The standard InChI is InChI=1S/3C15H25O3P.Co/c3*1-2-3-4-5-6-7-8-9-14-10-12-15(13-11-14)18-19(16)17;/h3*10-13,19H,2-9H2,1H3,(H,16,17);. The zero-order valence-electron chi connectivity index (χ0n) is 35.5. The van der Waals surface area contributed by atoms with Gasteiger partial charge in [-0.1, -0.05) is 173 Å². The van der Waals surface area contributed by atoms with Gasteiger partial charge in [-0.25, -0.2) is 13.7 Å². The molecule has 0 aromatic heterocycles. The maximum absolute atomic E-state index is 10.5. The molecule has 3 atom stereocenters. The van der Waals surface area contributed by atoms with Crippen LogP contribution in [0.2, 0.25) is 0 Å². The van der Waals surface area contributed by atoms with Gasteiger partial charge < -0.3 is 28.3 Å². The second-order valence-electron chi connectivity index (χ2n) is 14.6. The minimum absolute atomic E-state index is 0. The Morgan fingerprint density at radius 3 is 0.724 bits per heavy atom. The summed E-state index contributed by atoms with van der Waals surface area (Å²) in [6.07, 6.45) is 30.8. The molecule has 0 fully saturated rings. The first-order valence-electron chi connectivity index (χ1n) is 21.7. The van der Waals surface area contributed by atoms with Crippen LogP contribution in [0.1, 0.15) is 172 Å². The van der Waals surface area contributed by atoms with Gasteiger partial charge in [0.25, 0.3) is 0 Å². The predicted octanol–water partition coefficient (Wildman–Crippen LogP) is 14.2. The van der Waals surface area contributed by atoms with E-state index in [1.54, 1.807) is 36.4 Å². The molecule has 58 heavy (non-hydrogen) atoms. The summed E-state index contributed by atoms with van der Waals surface area (Å²) in [5.74, 6) is 1.40. The first kappa shape index (κ1) is 56.1. The summed E-state index contributed by atoms with van der Waals surface area (Å²) in [6.45, 7) is 6.71. The molecule has 0 saturated carbocycles. The largest absolute Gasteiger partial charge is 0.426 e. The summed E-state index contributed by atoms with van der Waals surface area (Å²) in [4.78, 5) is 26.0. The van der Waals surface area contributed by atoms with Crippen molar-refractivity contribution >= 4 is 24.8 Å². The molecule has 333 valence electrons.